The van der Waals surface area contributed by atoms with Crippen LogP contribution in [0.1, 0.15) is 21.6 Å². The van der Waals surface area contributed by atoms with Gasteiger partial charge in [-0.05, 0) is 37.3 Å². The first kappa shape index (κ1) is 17.5. The lowest BCUT2D eigenvalue weighted by molar-refractivity contribution is 0.102. The van der Waals surface area contributed by atoms with Crippen LogP contribution in [0.2, 0.25) is 0 Å². The second kappa shape index (κ2) is 7.69. The Hall–Kier alpha value is -3.35. The van der Waals surface area contributed by atoms with Crippen molar-refractivity contribution in [3.05, 3.63) is 83.2 Å². The zero-order valence-corrected chi connectivity index (χ0v) is 14.0. The van der Waals surface area contributed by atoms with Crippen LogP contribution in [0.15, 0.2) is 54.7 Å². The van der Waals surface area contributed by atoms with Gasteiger partial charge in [0.1, 0.15) is 11.6 Å². The topological polar surface area (TPSA) is 66.9 Å². The zero-order valence-electron chi connectivity index (χ0n) is 14.0. The van der Waals surface area contributed by atoms with Gasteiger partial charge in [-0.25, -0.2) is 18.7 Å². The van der Waals surface area contributed by atoms with Crippen LogP contribution < -0.4 is 10.6 Å². The predicted molar refractivity (Wildman–Crippen MR) is 94.8 cm³/mol. The van der Waals surface area contributed by atoms with Gasteiger partial charge in [0.15, 0.2) is 0 Å². The number of halogens is 2. The molecule has 0 bridgehead atoms. The largest absolute Gasteiger partial charge is 0.350 e. The maximum absolute atomic E-state index is 13.6. The minimum atomic E-state index is -0.394. The Kier molecular flexibility index (Phi) is 5.17. The molecule has 0 aliphatic rings. The van der Waals surface area contributed by atoms with Gasteiger partial charge < -0.3 is 10.6 Å². The van der Waals surface area contributed by atoms with Crippen molar-refractivity contribution in [1.29, 1.82) is 0 Å². The lowest BCUT2D eigenvalue weighted by Crippen LogP contribution is -2.16. The van der Waals surface area contributed by atoms with E-state index >= 15 is 0 Å². The first-order valence-corrected chi connectivity index (χ1v) is 7.91. The maximum Gasteiger partial charge on any atom is 0.259 e. The summed E-state index contributed by atoms with van der Waals surface area (Å²) in [6, 6.07) is 11.9. The molecule has 2 N–H and O–H groups in total. The summed E-state index contributed by atoms with van der Waals surface area (Å²) in [6.07, 6.45) is 1.39. The van der Waals surface area contributed by atoms with E-state index in [-0.39, 0.29) is 18.2 Å². The van der Waals surface area contributed by atoms with Gasteiger partial charge in [-0.2, -0.15) is 0 Å². The highest BCUT2D eigenvalue weighted by Gasteiger charge is 2.12. The van der Waals surface area contributed by atoms with Gasteiger partial charge in [0.05, 0.1) is 11.3 Å². The van der Waals surface area contributed by atoms with Crippen LogP contribution in [0.4, 0.5) is 20.4 Å². The highest BCUT2D eigenvalue weighted by atomic mass is 19.1. The smallest absolute Gasteiger partial charge is 0.259 e. The molecule has 7 heteroatoms. The monoisotopic (exact) mass is 354 g/mol. The number of aromatic nitrogens is 2. The summed E-state index contributed by atoms with van der Waals surface area (Å²) in [5.74, 6) is -0.793. The first-order chi connectivity index (χ1) is 12.5. The van der Waals surface area contributed by atoms with Gasteiger partial charge in [0.2, 0.25) is 5.95 Å². The Morgan fingerprint density at radius 2 is 1.81 bits per heavy atom. The van der Waals surface area contributed by atoms with E-state index in [0.717, 1.165) is 0 Å². The SMILES string of the molecule is Cc1nc(NCc2ccccc2F)ncc1C(=O)Nc1ccc(F)cc1. The number of benzene rings is 2. The summed E-state index contributed by atoms with van der Waals surface area (Å²) < 4.78 is 26.5. The minimum absolute atomic E-state index is 0.229. The van der Waals surface area contributed by atoms with E-state index in [1.807, 2.05) is 0 Å². The fourth-order valence-electron chi connectivity index (χ4n) is 2.32. The van der Waals surface area contributed by atoms with E-state index < -0.39 is 5.91 Å². The second-order valence-electron chi connectivity index (χ2n) is 5.60. The Labute approximate surface area is 149 Å². The Morgan fingerprint density at radius 1 is 1.08 bits per heavy atom. The Morgan fingerprint density at radius 3 is 2.50 bits per heavy atom. The van der Waals surface area contributed by atoms with Crippen LogP contribution in [-0.4, -0.2) is 15.9 Å². The third kappa shape index (κ3) is 4.18. The molecule has 0 unspecified atom stereocenters. The summed E-state index contributed by atoms with van der Waals surface area (Å²) in [6.45, 7) is 1.91. The van der Waals surface area contributed by atoms with Crippen molar-refractivity contribution in [3.63, 3.8) is 0 Å². The molecule has 0 spiro atoms. The Balaban J connectivity index is 1.67. The van der Waals surface area contributed by atoms with Gasteiger partial charge in [0.25, 0.3) is 5.91 Å². The number of carbonyl (C=O) groups excluding carboxylic acids is 1. The molecule has 5 nitrogen and oxygen atoms in total. The number of hydrogen-bond acceptors (Lipinski definition) is 4. The van der Waals surface area contributed by atoms with E-state index in [4.69, 9.17) is 0 Å². The van der Waals surface area contributed by atoms with E-state index in [0.29, 0.717) is 28.5 Å². The molecule has 2 aromatic carbocycles. The average molecular weight is 354 g/mol. The first-order valence-electron chi connectivity index (χ1n) is 7.91. The van der Waals surface area contributed by atoms with Gasteiger partial charge in [-0.3, -0.25) is 4.79 Å². The lowest BCUT2D eigenvalue weighted by atomic mass is 10.2. The maximum atomic E-state index is 13.6. The van der Waals surface area contributed by atoms with E-state index in [1.54, 1.807) is 25.1 Å². The fraction of sp³-hybridized carbons (Fsp3) is 0.105. The lowest BCUT2D eigenvalue weighted by Gasteiger charge is -2.10. The summed E-state index contributed by atoms with van der Waals surface area (Å²) >= 11 is 0. The second-order valence-corrected chi connectivity index (χ2v) is 5.60. The fourth-order valence-corrected chi connectivity index (χ4v) is 2.32. The molecule has 132 valence electrons. The zero-order chi connectivity index (χ0) is 18.5. The van der Waals surface area contributed by atoms with Crippen LogP contribution >= 0.6 is 0 Å². The number of nitrogens with zero attached hydrogens (tertiary/aromatic N) is 2. The van der Waals surface area contributed by atoms with Gasteiger partial charge in [-0.1, -0.05) is 18.2 Å². The van der Waals surface area contributed by atoms with Crippen molar-refractivity contribution >= 4 is 17.5 Å². The molecular formula is C19H16F2N4O. The summed E-state index contributed by atoms with van der Waals surface area (Å²) in [5.41, 5.74) is 1.73. The van der Waals surface area contributed by atoms with Crippen molar-refractivity contribution < 1.29 is 13.6 Å². The molecule has 0 radical (unpaired) electrons. The van der Waals surface area contributed by atoms with Crippen LogP contribution in [0.5, 0.6) is 0 Å². The highest BCUT2D eigenvalue weighted by Crippen LogP contribution is 2.14. The predicted octanol–water partition coefficient (Wildman–Crippen LogP) is 3.93. The molecule has 1 amide bonds. The normalized spacial score (nSPS) is 10.4. The number of hydrogen-bond donors (Lipinski definition) is 2. The average Bonchev–Trinajstić information content (AvgIpc) is 2.63. The molecule has 26 heavy (non-hydrogen) atoms. The number of nitrogens with one attached hydrogen (secondary N) is 2. The number of aryl methyl sites for hydroxylation is 1. The summed E-state index contributed by atoms with van der Waals surface area (Å²) in [4.78, 5) is 20.6. The molecule has 3 rings (SSSR count). The summed E-state index contributed by atoms with van der Waals surface area (Å²) in [7, 11) is 0. The van der Waals surface area contributed by atoms with Crippen molar-refractivity contribution in [3.8, 4) is 0 Å². The molecular weight excluding hydrogens is 338 g/mol. The Bertz CT molecular complexity index is 929. The highest BCUT2D eigenvalue weighted by molar-refractivity contribution is 6.04. The van der Waals surface area contributed by atoms with Crippen molar-refractivity contribution in [2.75, 3.05) is 10.6 Å². The summed E-state index contributed by atoms with van der Waals surface area (Å²) in [5, 5.41) is 5.58. The molecule has 1 heterocycles. The van der Waals surface area contributed by atoms with Gasteiger partial charge in [0, 0.05) is 24.0 Å². The number of amides is 1. The van der Waals surface area contributed by atoms with Crippen molar-refractivity contribution in [1.82, 2.24) is 9.97 Å². The van der Waals surface area contributed by atoms with E-state index in [2.05, 4.69) is 20.6 Å². The molecule has 1 aromatic heterocycles. The van der Waals surface area contributed by atoms with Gasteiger partial charge in [-0.15, -0.1) is 0 Å². The molecule has 0 aliphatic carbocycles. The molecule has 0 aliphatic heterocycles. The van der Waals surface area contributed by atoms with E-state index in [9.17, 15) is 13.6 Å². The van der Waals surface area contributed by atoms with Crippen LogP contribution in [0, 0.1) is 18.6 Å². The molecule has 0 fully saturated rings. The molecule has 0 saturated carbocycles. The van der Waals surface area contributed by atoms with Crippen molar-refractivity contribution in [2.24, 2.45) is 0 Å². The van der Waals surface area contributed by atoms with E-state index in [1.165, 1.54) is 36.5 Å². The van der Waals surface area contributed by atoms with Crippen LogP contribution in [0.3, 0.4) is 0 Å². The quantitative estimate of drug-likeness (QED) is 0.729. The van der Waals surface area contributed by atoms with Crippen molar-refractivity contribution in [2.45, 2.75) is 13.5 Å². The number of rotatable bonds is 5. The van der Waals surface area contributed by atoms with Gasteiger partial charge >= 0.3 is 0 Å². The number of carbonyl (C=O) groups is 1. The third-order valence-electron chi connectivity index (χ3n) is 3.72. The molecule has 0 atom stereocenters. The van der Waals surface area contributed by atoms with Crippen LogP contribution in [0.25, 0.3) is 0 Å². The standard InChI is InChI=1S/C19H16F2N4O/c1-12-16(18(26)25-15-8-6-14(20)7-9-15)11-23-19(24-12)22-10-13-4-2-3-5-17(13)21/h2-9,11H,10H2,1H3,(H,25,26)(H,22,23,24). The minimum Gasteiger partial charge on any atom is -0.350 e. The van der Waals surface area contributed by atoms with Crippen LogP contribution in [-0.2, 0) is 6.54 Å². The third-order valence-corrected chi connectivity index (χ3v) is 3.72. The number of anilines is 2. The molecule has 3 aromatic rings. The molecule has 0 saturated heterocycles.